The smallest absolute Gasteiger partial charge is 0.395 e. The standard InChI is InChI=1S/C21H20F3NO2/c1-26-16-9-6-15(7-10-16)19-25-13-12-20(27-19)17-5-3-2-4-14(17)8-11-18(20)21(22,23)24/h2-7,9-10,18H,8,11-13H2,1H3. The first-order chi connectivity index (χ1) is 12.9. The Kier molecular flexibility index (Phi) is 4.36. The maximum absolute atomic E-state index is 14.0. The first-order valence-electron chi connectivity index (χ1n) is 8.97. The summed E-state index contributed by atoms with van der Waals surface area (Å²) in [4.78, 5) is 4.38. The summed E-state index contributed by atoms with van der Waals surface area (Å²) < 4.78 is 53.1. The van der Waals surface area contributed by atoms with Crippen LogP contribution in [0.4, 0.5) is 13.2 Å². The Bertz CT molecular complexity index is 860. The van der Waals surface area contributed by atoms with Crippen LogP contribution >= 0.6 is 0 Å². The molecular weight excluding hydrogens is 355 g/mol. The number of methoxy groups -OCH3 is 1. The normalized spacial score (nSPS) is 24.7. The van der Waals surface area contributed by atoms with Crippen LogP contribution in [0.25, 0.3) is 0 Å². The summed E-state index contributed by atoms with van der Waals surface area (Å²) in [7, 11) is 1.56. The monoisotopic (exact) mass is 375 g/mol. The Morgan fingerprint density at radius 3 is 2.56 bits per heavy atom. The van der Waals surface area contributed by atoms with Crippen molar-refractivity contribution in [2.75, 3.05) is 13.7 Å². The van der Waals surface area contributed by atoms with Crippen LogP contribution in [-0.2, 0) is 16.8 Å². The zero-order valence-electron chi connectivity index (χ0n) is 14.9. The van der Waals surface area contributed by atoms with Gasteiger partial charge in [0.25, 0.3) is 0 Å². The Hall–Kier alpha value is -2.50. The highest BCUT2D eigenvalue weighted by Gasteiger charge is 2.59. The van der Waals surface area contributed by atoms with E-state index in [9.17, 15) is 13.2 Å². The van der Waals surface area contributed by atoms with Gasteiger partial charge in [-0.3, -0.25) is 4.99 Å². The molecule has 0 N–H and O–H groups in total. The SMILES string of the molecule is COc1ccc(C2=NCCC3(O2)c2ccccc2CCC3C(F)(F)F)cc1. The topological polar surface area (TPSA) is 30.8 Å². The lowest BCUT2D eigenvalue weighted by Gasteiger charge is -2.47. The molecule has 1 aliphatic carbocycles. The number of alkyl halides is 3. The summed E-state index contributed by atoms with van der Waals surface area (Å²) in [6.07, 6.45) is -3.69. The van der Waals surface area contributed by atoms with Crippen molar-refractivity contribution in [2.24, 2.45) is 10.9 Å². The minimum Gasteiger partial charge on any atom is -0.497 e. The minimum atomic E-state index is -4.34. The number of nitrogens with zero attached hydrogens (tertiary/aromatic N) is 1. The number of ether oxygens (including phenoxy) is 2. The molecule has 0 aromatic heterocycles. The molecule has 4 rings (SSSR count). The molecule has 6 heteroatoms. The van der Waals surface area contributed by atoms with Gasteiger partial charge in [-0.15, -0.1) is 0 Å². The van der Waals surface area contributed by atoms with Gasteiger partial charge in [0.05, 0.1) is 13.0 Å². The van der Waals surface area contributed by atoms with Gasteiger partial charge in [0.2, 0.25) is 5.90 Å². The third-order valence-corrected chi connectivity index (χ3v) is 5.49. The van der Waals surface area contributed by atoms with Crippen molar-refractivity contribution in [1.82, 2.24) is 0 Å². The fraction of sp³-hybridized carbons (Fsp3) is 0.381. The summed E-state index contributed by atoms with van der Waals surface area (Å²) in [5.74, 6) is -0.625. The predicted molar refractivity (Wildman–Crippen MR) is 96.1 cm³/mol. The molecule has 0 bridgehead atoms. The second kappa shape index (κ2) is 6.59. The molecule has 142 valence electrons. The molecule has 2 aromatic rings. The first kappa shape index (κ1) is 17.9. The first-order valence-corrected chi connectivity index (χ1v) is 8.97. The van der Waals surface area contributed by atoms with Crippen LogP contribution < -0.4 is 4.74 Å². The van der Waals surface area contributed by atoms with Crippen LogP contribution in [0.5, 0.6) is 5.75 Å². The van der Waals surface area contributed by atoms with Gasteiger partial charge in [-0.25, -0.2) is 0 Å². The molecule has 0 amide bonds. The average molecular weight is 375 g/mol. The molecule has 2 unspecified atom stereocenters. The third kappa shape index (κ3) is 3.07. The number of benzene rings is 2. The van der Waals surface area contributed by atoms with E-state index in [1.54, 1.807) is 43.5 Å². The van der Waals surface area contributed by atoms with Gasteiger partial charge in [-0.1, -0.05) is 24.3 Å². The number of fused-ring (bicyclic) bond motifs is 2. The van der Waals surface area contributed by atoms with Crippen molar-refractivity contribution in [3.05, 3.63) is 65.2 Å². The van der Waals surface area contributed by atoms with Crippen molar-refractivity contribution in [3.8, 4) is 5.75 Å². The molecule has 2 aliphatic rings. The molecule has 27 heavy (non-hydrogen) atoms. The maximum atomic E-state index is 14.0. The van der Waals surface area contributed by atoms with E-state index in [1.807, 2.05) is 12.1 Å². The highest BCUT2D eigenvalue weighted by Crippen LogP contribution is 2.53. The van der Waals surface area contributed by atoms with Gasteiger partial charge in [0.15, 0.2) is 0 Å². The van der Waals surface area contributed by atoms with Crippen molar-refractivity contribution < 1.29 is 22.6 Å². The lowest BCUT2D eigenvalue weighted by Crippen LogP contribution is -2.51. The summed E-state index contributed by atoms with van der Waals surface area (Å²) in [5.41, 5.74) is 0.789. The van der Waals surface area contributed by atoms with Gasteiger partial charge in [0, 0.05) is 18.5 Å². The van der Waals surface area contributed by atoms with E-state index in [4.69, 9.17) is 9.47 Å². The van der Waals surface area contributed by atoms with Gasteiger partial charge in [-0.2, -0.15) is 13.2 Å². The van der Waals surface area contributed by atoms with Crippen LogP contribution in [0.3, 0.4) is 0 Å². The highest BCUT2D eigenvalue weighted by atomic mass is 19.4. The van der Waals surface area contributed by atoms with E-state index in [0.29, 0.717) is 29.8 Å². The molecule has 1 spiro atoms. The van der Waals surface area contributed by atoms with Crippen molar-refractivity contribution in [1.29, 1.82) is 0 Å². The van der Waals surface area contributed by atoms with Gasteiger partial charge in [0.1, 0.15) is 11.4 Å². The molecule has 3 nitrogen and oxygen atoms in total. The number of aryl methyl sites for hydroxylation is 1. The van der Waals surface area contributed by atoms with Crippen LogP contribution in [-0.4, -0.2) is 25.7 Å². The van der Waals surface area contributed by atoms with Crippen molar-refractivity contribution in [3.63, 3.8) is 0 Å². The van der Waals surface area contributed by atoms with Crippen LogP contribution in [0.2, 0.25) is 0 Å². The van der Waals surface area contributed by atoms with E-state index >= 15 is 0 Å². The Labute approximate surface area is 155 Å². The molecule has 1 aliphatic heterocycles. The fourth-order valence-electron chi connectivity index (χ4n) is 4.20. The number of rotatable bonds is 2. The largest absolute Gasteiger partial charge is 0.497 e. The fourth-order valence-corrected chi connectivity index (χ4v) is 4.20. The summed E-state index contributed by atoms with van der Waals surface area (Å²) >= 11 is 0. The number of hydrogen-bond acceptors (Lipinski definition) is 3. The van der Waals surface area contributed by atoms with Gasteiger partial charge < -0.3 is 9.47 Å². The average Bonchev–Trinajstić information content (AvgIpc) is 2.68. The van der Waals surface area contributed by atoms with Gasteiger partial charge in [-0.05, 0) is 48.2 Å². The lowest BCUT2D eigenvalue weighted by atomic mass is 9.69. The molecule has 0 saturated carbocycles. The number of aliphatic imine (C=N–C) groups is 1. The maximum Gasteiger partial charge on any atom is 0.395 e. The van der Waals surface area contributed by atoms with E-state index in [0.717, 1.165) is 5.56 Å². The summed E-state index contributed by atoms with van der Waals surface area (Å²) in [6.45, 7) is 0.294. The zero-order chi connectivity index (χ0) is 19.1. The summed E-state index contributed by atoms with van der Waals surface area (Å²) in [6, 6.07) is 14.3. The molecule has 2 atom stereocenters. The molecule has 0 saturated heterocycles. The Morgan fingerprint density at radius 1 is 1.11 bits per heavy atom. The quantitative estimate of drug-likeness (QED) is 0.749. The predicted octanol–water partition coefficient (Wildman–Crippen LogP) is 4.88. The van der Waals surface area contributed by atoms with Crippen LogP contribution in [0.15, 0.2) is 53.5 Å². The van der Waals surface area contributed by atoms with E-state index in [2.05, 4.69) is 4.99 Å². The van der Waals surface area contributed by atoms with Crippen LogP contribution in [0.1, 0.15) is 29.5 Å². The van der Waals surface area contributed by atoms with E-state index in [1.165, 1.54) is 0 Å². The summed E-state index contributed by atoms with van der Waals surface area (Å²) in [5, 5.41) is 0. The highest BCUT2D eigenvalue weighted by molar-refractivity contribution is 5.95. The number of halogens is 3. The van der Waals surface area contributed by atoms with Gasteiger partial charge >= 0.3 is 6.18 Å². The van der Waals surface area contributed by atoms with E-state index in [-0.39, 0.29) is 18.7 Å². The van der Waals surface area contributed by atoms with Crippen molar-refractivity contribution in [2.45, 2.75) is 31.0 Å². The zero-order valence-corrected chi connectivity index (χ0v) is 14.9. The van der Waals surface area contributed by atoms with E-state index < -0.39 is 17.7 Å². The second-order valence-electron chi connectivity index (χ2n) is 6.95. The molecule has 2 aromatic carbocycles. The Balaban J connectivity index is 1.78. The molecule has 0 radical (unpaired) electrons. The second-order valence-corrected chi connectivity index (χ2v) is 6.95. The minimum absolute atomic E-state index is 0.0242. The molecular formula is C21H20F3NO2. The third-order valence-electron chi connectivity index (χ3n) is 5.49. The molecule has 0 fully saturated rings. The number of hydrogen-bond donors (Lipinski definition) is 0. The van der Waals surface area contributed by atoms with Crippen molar-refractivity contribution >= 4 is 5.90 Å². The van der Waals surface area contributed by atoms with Crippen LogP contribution in [0, 0.1) is 5.92 Å². The molecule has 1 heterocycles. The Morgan fingerprint density at radius 2 is 1.85 bits per heavy atom. The lowest BCUT2D eigenvalue weighted by molar-refractivity contribution is -0.234.